The number of aryl methyl sites for hydroxylation is 1. The van der Waals surface area contributed by atoms with Gasteiger partial charge in [0.05, 0.1) is 19.2 Å². The van der Waals surface area contributed by atoms with E-state index in [1.807, 2.05) is 24.3 Å². The van der Waals surface area contributed by atoms with Crippen molar-refractivity contribution in [1.82, 2.24) is 4.57 Å². The summed E-state index contributed by atoms with van der Waals surface area (Å²) in [7, 11) is 1.40. The van der Waals surface area contributed by atoms with Crippen LogP contribution in [0.15, 0.2) is 36.4 Å². The molecule has 22 heavy (non-hydrogen) atoms. The van der Waals surface area contributed by atoms with E-state index in [1.54, 1.807) is 0 Å². The highest BCUT2D eigenvalue weighted by Gasteiger charge is 2.23. The van der Waals surface area contributed by atoms with Crippen LogP contribution < -0.4 is 0 Å². The van der Waals surface area contributed by atoms with Crippen molar-refractivity contribution in [3.63, 3.8) is 0 Å². The lowest BCUT2D eigenvalue weighted by Gasteiger charge is -2.17. The summed E-state index contributed by atoms with van der Waals surface area (Å²) in [5.74, 6) is -0.291. The number of carbonyl (C=O) groups excluding carboxylic acids is 1. The first-order valence-corrected chi connectivity index (χ1v) is 7.52. The highest BCUT2D eigenvalue weighted by atomic mass is 16.5. The molecule has 2 aromatic rings. The van der Waals surface area contributed by atoms with Crippen LogP contribution in [0, 0.1) is 6.92 Å². The molecule has 4 nitrogen and oxygen atoms in total. The summed E-state index contributed by atoms with van der Waals surface area (Å²) in [5, 5.41) is 0. The molecule has 2 heterocycles. The van der Waals surface area contributed by atoms with E-state index in [0.717, 1.165) is 19.6 Å². The van der Waals surface area contributed by atoms with Crippen LogP contribution in [0.25, 0.3) is 0 Å². The molecule has 0 saturated carbocycles. The van der Waals surface area contributed by atoms with Gasteiger partial charge in [-0.2, -0.15) is 0 Å². The van der Waals surface area contributed by atoms with Crippen molar-refractivity contribution in [3.8, 4) is 0 Å². The van der Waals surface area contributed by atoms with Gasteiger partial charge in [-0.05, 0) is 31.2 Å². The Bertz CT molecular complexity index is 739. The summed E-state index contributed by atoms with van der Waals surface area (Å²) in [4.78, 5) is 11.5. The third-order valence-electron chi connectivity index (χ3n) is 4.39. The van der Waals surface area contributed by atoms with Gasteiger partial charge in [0.15, 0.2) is 18.8 Å². The highest BCUT2D eigenvalue weighted by Crippen LogP contribution is 2.15. The fourth-order valence-electron chi connectivity index (χ4n) is 3.01. The van der Waals surface area contributed by atoms with Crippen LogP contribution in [0.4, 0.5) is 0 Å². The van der Waals surface area contributed by atoms with Gasteiger partial charge < -0.3 is 9.30 Å². The van der Waals surface area contributed by atoms with E-state index in [1.165, 1.54) is 29.8 Å². The molecule has 0 aliphatic carbocycles. The maximum atomic E-state index is 11.5. The number of rotatable bonds is 3. The largest absolute Gasteiger partial charge is 0.465 e. The van der Waals surface area contributed by atoms with Gasteiger partial charge in [0.2, 0.25) is 0 Å². The summed E-state index contributed by atoms with van der Waals surface area (Å²) in [5.41, 5.74) is 5.71. The predicted octanol–water partition coefficient (Wildman–Crippen LogP) is 2.62. The van der Waals surface area contributed by atoms with E-state index in [2.05, 4.69) is 35.1 Å². The van der Waals surface area contributed by atoms with Crippen LogP contribution in [-0.2, 0) is 17.8 Å². The Morgan fingerprint density at radius 3 is 2.59 bits per heavy atom. The Kier molecular flexibility index (Phi) is 3.84. The normalized spacial score (nSPS) is 14.0. The molecule has 114 valence electrons. The van der Waals surface area contributed by atoms with Gasteiger partial charge >= 0.3 is 5.97 Å². The number of carbonyl (C=O) groups is 1. The van der Waals surface area contributed by atoms with Crippen LogP contribution >= 0.6 is 0 Å². The number of fused-ring (bicyclic) bond motifs is 1. The van der Waals surface area contributed by atoms with Crippen molar-refractivity contribution < 1.29 is 14.1 Å². The maximum Gasteiger partial charge on any atom is 0.337 e. The molecule has 0 spiro atoms. The molecule has 1 aliphatic heterocycles. The van der Waals surface area contributed by atoms with Gasteiger partial charge in [0.25, 0.3) is 0 Å². The van der Waals surface area contributed by atoms with Gasteiger partial charge in [0, 0.05) is 18.2 Å². The van der Waals surface area contributed by atoms with Crippen molar-refractivity contribution in [1.29, 1.82) is 0 Å². The molecule has 0 unspecified atom stereocenters. The minimum absolute atomic E-state index is 0.291. The Labute approximate surface area is 130 Å². The molecule has 3 rings (SSSR count). The average molecular weight is 297 g/mol. The number of ether oxygens (including phenoxy) is 1. The molecule has 1 aromatic heterocycles. The average Bonchev–Trinajstić information content (AvgIpc) is 2.92. The second kappa shape index (κ2) is 5.79. The van der Waals surface area contributed by atoms with Crippen LogP contribution in [0.3, 0.4) is 0 Å². The molecule has 0 amide bonds. The Balaban J connectivity index is 1.83. The lowest BCUT2D eigenvalue weighted by Crippen LogP contribution is -2.31. The molecule has 0 bridgehead atoms. The lowest BCUT2D eigenvalue weighted by atomic mass is 10.1. The Morgan fingerprint density at radius 1 is 1.18 bits per heavy atom. The molecule has 0 fully saturated rings. The maximum absolute atomic E-state index is 11.5. The van der Waals surface area contributed by atoms with E-state index in [-0.39, 0.29) is 5.97 Å². The zero-order chi connectivity index (χ0) is 15.7. The number of aromatic nitrogens is 1. The first-order chi connectivity index (χ1) is 10.6. The zero-order valence-corrected chi connectivity index (χ0v) is 13.3. The second-order valence-electron chi connectivity index (χ2n) is 5.71. The fraction of sp³-hybridized carbons (Fsp3) is 0.333. The predicted molar refractivity (Wildman–Crippen MR) is 85.6 cm³/mol. The third kappa shape index (κ3) is 2.56. The zero-order valence-electron chi connectivity index (χ0n) is 13.3. The first-order valence-electron chi connectivity index (χ1n) is 7.52. The van der Waals surface area contributed by atoms with E-state index < -0.39 is 0 Å². The molecular weight excluding hydrogens is 276 g/mol. The van der Waals surface area contributed by atoms with Gasteiger partial charge in [0.1, 0.15) is 5.69 Å². The topological polar surface area (TPSA) is 34.2 Å². The quantitative estimate of drug-likeness (QED) is 0.645. The summed E-state index contributed by atoms with van der Waals surface area (Å²) in [6, 6.07) is 12.0. The standard InChI is InChI=1S/C18H21N2O2/c1-13-4-9-17-14(2)19(10-11-20(13)17)12-15-5-7-16(8-6-15)18(21)22-3/h4-9H,10-12H2,1-3H3/q+1. The molecule has 4 heteroatoms. The Morgan fingerprint density at radius 2 is 1.91 bits per heavy atom. The molecule has 1 aromatic carbocycles. The SMILES string of the molecule is COC(=O)c1ccc(C[N+]2=C(C)c3ccc(C)n3CC2)cc1. The second-order valence-corrected chi connectivity index (χ2v) is 5.71. The van der Waals surface area contributed by atoms with E-state index in [4.69, 9.17) is 4.74 Å². The van der Waals surface area contributed by atoms with Gasteiger partial charge in [-0.25, -0.2) is 9.37 Å². The lowest BCUT2D eigenvalue weighted by molar-refractivity contribution is -0.547. The molecular formula is C18H21N2O2+. The van der Waals surface area contributed by atoms with E-state index in [9.17, 15) is 4.79 Å². The summed E-state index contributed by atoms with van der Waals surface area (Å²) in [6.07, 6.45) is 0. The number of hydrogen-bond donors (Lipinski definition) is 0. The molecule has 0 N–H and O–H groups in total. The van der Waals surface area contributed by atoms with Crippen molar-refractivity contribution in [2.45, 2.75) is 26.9 Å². The van der Waals surface area contributed by atoms with Crippen LogP contribution in [0.2, 0.25) is 0 Å². The molecule has 0 radical (unpaired) electrons. The molecule has 0 atom stereocenters. The van der Waals surface area contributed by atoms with Crippen molar-refractivity contribution in [3.05, 3.63) is 58.9 Å². The van der Waals surface area contributed by atoms with Crippen LogP contribution in [0.5, 0.6) is 0 Å². The minimum atomic E-state index is -0.291. The highest BCUT2D eigenvalue weighted by molar-refractivity contribution is 5.94. The smallest absolute Gasteiger partial charge is 0.337 e. The molecule has 0 saturated heterocycles. The van der Waals surface area contributed by atoms with Crippen molar-refractivity contribution >= 4 is 11.7 Å². The molecule has 1 aliphatic rings. The summed E-state index contributed by atoms with van der Waals surface area (Å²) < 4.78 is 9.49. The number of benzene rings is 1. The number of methoxy groups -OCH3 is 1. The van der Waals surface area contributed by atoms with E-state index in [0.29, 0.717) is 5.56 Å². The number of nitrogens with zero attached hydrogens (tertiary/aromatic N) is 2. The van der Waals surface area contributed by atoms with Gasteiger partial charge in [-0.15, -0.1) is 0 Å². The first kappa shape index (κ1) is 14.6. The van der Waals surface area contributed by atoms with Gasteiger partial charge in [-0.3, -0.25) is 0 Å². The number of esters is 1. The van der Waals surface area contributed by atoms with Crippen molar-refractivity contribution in [2.75, 3.05) is 13.7 Å². The van der Waals surface area contributed by atoms with Crippen LogP contribution in [0.1, 0.15) is 34.2 Å². The minimum Gasteiger partial charge on any atom is -0.465 e. The van der Waals surface area contributed by atoms with Gasteiger partial charge in [-0.1, -0.05) is 12.1 Å². The third-order valence-corrected chi connectivity index (χ3v) is 4.39. The monoisotopic (exact) mass is 297 g/mol. The summed E-state index contributed by atoms with van der Waals surface area (Å²) >= 11 is 0. The van der Waals surface area contributed by atoms with Crippen molar-refractivity contribution in [2.24, 2.45) is 0 Å². The van der Waals surface area contributed by atoms with Crippen LogP contribution in [-0.4, -0.2) is 34.5 Å². The Hall–Kier alpha value is -2.36. The van der Waals surface area contributed by atoms with E-state index >= 15 is 0 Å². The fourth-order valence-corrected chi connectivity index (χ4v) is 3.01. The number of hydrogen-bond acceptors (Lipinski definition) is 2. The summed E-state index contributed by atoms with van der Waals surface area (Å²) in [6.45, 7) is 7.21.